The van der Waals surface area contributed by atoms with Crippen LogP contribution in [0.2, 0.25) is 0 Å². The topological polar surface area (TPSA) is 49.8 Å². The quantitative estimate of drug-likeness (QED) is 0.628. The van der Waals surface area contributed by atoms with Gasteiger partial charge in [0.05, 0.1) is 0 Å². The number of nitrogens with zero attached hydrogens (tertiary/aromatic N) is 1. The van der Waals surface area contributed by atoms with Gasteiger partial charge in [-0.3, -0.25) is 4.79 Å². The number of unbranched alkanes of at least 4 members (excludes halogenated alkanes) is 1. The van der Waals surface area contributed by atoms with Crippen LogP contribution in [0.5, 0.6) is 11.5 Å². The minimum Gasteiger partial charge on any atom is -0.508 e. The third kappa shape index (κ3) is 4.27. The third-order valence-electron chi connectivity index (χ3n) is 6.74. The van der Waals surface area contributed by atoms with E-state index in [0.29, 0.717) is 18.8 Å². The van der Waals surface area contributed by atoms with E-state index in [1.807, 2.05) is 50.5 Å². The van der Waals surface area contributed by atoms with Crippen molar-refractivity contribution in [2.24, 2.45) is 5.41 Å². The van der Waals surface area contributed by atoms with Crippen LogP contribution in [0.1, 0.15) is 55.7 Å². The molecular weight excluding hydrogens is 386 g/mol. The van der Waals surface area contributed by atoms with Crippen molar-refractivity contribution < 1.29 is 14.6 Å². The highest BCUT2D eigenvalue weighted by molar-refractivity contribution is 6.30. The molecule has 1 atom stereocenters. The van der Waals surface area contributed by atoms with E-state index >= 15 is 0 Å². The van der Waals surface area contributed by atoms with Gasteiger partial charge >= 0.3 is 0 Å². The van der Waals surface area contributed by atoms with Crippen molar-refractivity contribution >= 4 is 16.9 Å². The zero-order valence-electron chi connectivity index (χ0n) is 18.9. The van der Waals surface area contributed by atoms with E-state index in [1.54, 1.807) is 6.07 Å². The number of Topliss-reactive ketones (excluding diaryl/α,β-unsaturated/α-hetero) is 1. The Kier molecular flexibility index (Phi) is 6.19. The first-order chi connectivity index (χ1) is 14.9. The average Bonchev–Trinajstić information content (AvgIpc) is 3.06. The number of fused-ring (bicyclic) bond motifs is 3. The molecule has 0 aromatic heterocycles. The normalized spacial score (nSPS) is 20.2. The summed E-state index contributed by atoms with van der Waals surface area (Å²) in [5.74, 6) is 1.36. The molecule has 1 N–H and O–H groups in total. The van der Waals surface area contributed by atoms with Crippen molar-refractivity contribution in [3.05, 3.63) is 59.2 Å². The zero-order chi connectivity index (χ0) is 22.0. The molecule has 31 heavy (non-hydrogen) atoms. The highest BCUT2D eigenvalue weighted by atomic mass is 16.5. The predicted octanol–water partition coefficient (Wildman–Crippen LogP) is 5.34. The lowest BCUT2D eigenvalue weighted by Gasteiger charge is -2.36. The maximum absolute atomic E-state index is 13.2. The highest BCUT2D eigenvalue weighted by Crippen LogP contribution is 2.58. The number of carbonyl (C=O) groups is 1. The van der Waals surface area contributed by atoms with Crippen LogP contribution >= 0.6 is 0 Å². The summed E-state index contributed by atoms with van der Waals surface area (Å²) in [7, 11) is 4.05. The fourth-order valence-corrected chi connectivity index (χ4v) is 5.16. The number of rotatable bonds is 8. The van der Waals surface area contributed by atoms with Gasteiger partial charge in [0.15, 0.2) is 5.78 Å². The number of ether oxygens (including phenoxy) is 1. The molecule has 1 unspecified atom stereocenters. The molecule has 4 heteroatoms. The second-order valence-corrected chi connectivity index (χ2v) is 9.25. The molecule has 2 aromatic rings. The van der Waals surface area contributed by atoms with Gasteiger partial charge in [-0.25, -0.2) is 0 Å². The molecule has 2 aliphatic rings. The van der Waals surface area contributed by atoms with Crippen LogP contribution in [0.3, 0.4) is 0 Å². The Morgan fingerprint density at radius 1 is 1.13 bits per heavy atom. The molecule has 0 radical (unpaired) electrons. The van der Waals surface area contributed by atoms with Gasteiger partial charge < -0.3 is 14.7 Å². The lowest BCUT2D eigenvalue weighted by atomic mass is 9.66. The van der Waals surface area contributed by atoms with Gasteiger partial charge in [-0.05, 0) is 79.9 Å². The first-order valence-electron chi connectivity index (χ1n) is 11.4. The average molecular weight is 420 g/mol. The summed E-state index contributed by atoms with van der Waals surface area (Å²) in [6, 6.07) is 13.6. The second-order valence-electron chi connectivity index (χ2n) is 9.25. The number of carbonyl (C=O) groups excluding carboxylic acids is 1. The Hall–Kier alpha value is -2.59. The van der Waals surface area contributed by atoms with Crippen molar-refractivity contribution in [2.75, 3.05) is 27.2 Å². The second kappa shape index (κ2) is 8.88. The first-order valence-corrected chi connectivity index (χ1v) is 11.4. The standard InChI is InChI=1S/C27H33NO3/c1-4-5-13-27-14-12-24(30)25(26(27)23-11-8-21(29)17-20(23)18-27)19-6-9-22(10-7-19)31-16-15-28(2)3/h6-11,17,29H,4-5,12-16,18H2,1-3H3. The van der Waals surface area contributed by atoms with E-state index in [9.17, 15) is 9.90 Å². The van der Waals surface area contributed by atoms with E-state index in [0.717, 1.165) is 61.1 Å². The molecule has 2 aromatic carbocycles. The summed E-state index contributed by atoms with van der Waals surface area (Å²) in [5.41, 5.74) is 5.35. The van der Waals surface area contributed by atoms with E-state index in [1.165, 1.54) is 11.1 Å². The molecule has 4 nitrogen and oxygen atoms in total. The van der Waals surface area contributed by atoms with Gasteiger partial charge in [0, 0.05) is 24.0 Å². The van der Waals surface area contributed by atoms with Crippen LogP contribution in [0.4, 0.5) is 0 Å². The Labute approximate surface area is 185 Å². The van der Waals surface area contributed by atoms with E-state index in [2.05, 4.69) is 11.8 Å². The third-order valence-corrected chi connectivity index (χ3v) is 6.74. The summed E-state index contributed by atoms with van der Waals surface area (Å²) in [6.45, 7) is 3.72. The number of benzene rings is 2. The molecule has 0 aliphatic heterocycles. The van der Waals surface area contributed by atoms with Crippen molar-refractivity contribution in [3.8, 4) is 11.5 Å². The van der Waals surface area contributed by atoms with Crippen LogP contribution in [-0.2, 0) is 11.2 Å². The van der Waals surface area contributed by atoms with Crippen LogP contribution in [-0.4, -0.2) is 43.0 Å². The molecule has 0 saturated heterocycles. The zero-order valence-corrected chi connectivity index (χ0v) is 18.9. The summed E-state index contributed by atoms with van der Waals surface area (Å²) >= 11 is 0. The number of hydrogen-bond donors (Lipinski definition) is 1. The first kappa shape index (κ1) is 21.6. The summed E-state index contributed by atoms with van der Waals surface area (Å²) < 4.78 is 5.84. The minimum atomic E-state index is -0.00371. The maximum Gasteiger partial charge on any atom is 0.163 e. The van der Waals surface area contributed by atoms with Crippen molar-refractivity contribution in [2.45, 2.75) is 45.4 Å². The fraction of sp³-hybridized carbons (Fsp3) is 0.444. The monoisotopic (exact) mass is 419 g/mol. The number of allylic oxidation sites excluding steroid dienone is 2. The van der Waals surface area contributed by atoms with Gasteiger partial charge in [-0.1, -0.05) is 38.0 Å². The van der Waals surface area contributed by atoms with Gasteiger partial charge in [0.25, 0.3) is 0 Å². The lowest BCUT2D eigenvalue weighted by molar-refractivity contribution is -0.114. The van der Waals surface area contributed by atoms with E-state index in [-0.39, 0.29) is 11.2 Å². The van der Waals surface area contributed by atoms with E-state index in [4.69, 9.17) is 4.74 Å². The Morgan fingerprint density at radius 3 is 2.61 bits per heavy atom. The van der Waals surface area contributed by atoms with Crippen LogP contribution in [0.15, 0.2) is 42.5 Å². The lowest BCUT2D eigenvalue weighted by Crippen LogP contribution is -2.28. The number of hydrogen-bond acceptors (Lipinski definition) is 4. The molecule has 164 valence electrons. The maximum atomic E-state index is 13.2. The molecule has 0 heterocycles. The fourth-order valence-electron chi connectivity index (χ4n) is 5.16. The predicted molar refractivity (Wildman–Crippen MR) is 125 cm³/mol. The summed E-state index contributed by atoms with van der Waals surface area (Å²) in [6.07, 6.45) is 5.75. The van der Waals surface area contributed by atoms with Crippen molar-refractivity contribution in [1.82, 2.24) is 4.90 Å². The van der Waals surface area contributed by atoms with Crippen LogP contribution < -0.4 is 4.74 Å². The van der Waals surface area contributed by atoms with Gasteiger partial charge in [-0.15, -0.1) is 0 Å². The van der Waals surface area contributed by atoms with Gasteiger partial charge in [0.1, 0.15) is 18.1 Å². The Morgan fingerprint density at radius 2 is 1.90 bits per heavy atom. The Balaban J connectivity index is 1.75. The van der Waals surface area contributed by atoms with Gasteiger partial charge in [0.2, 0.25) is 0 Å². The molecule has 2 aliphatic carbocycles. The Bertz CT molecular complexity index is 990. The highest BCUT2D eigenvalue weighted by Gasteiger charge is 2.46. The van der Waals surface area contributed by atoms with Crippen molar-refractivity contribution in [3.63, 3.8) is 0 Å². The molecule has 4 rings (SSSR count). The molecule has 0 saturated carbocycles. The van der Waals surface area contributed by atoms with Crippen LogP contribution in [0, 0.1) is 5.41 Å². The smallest absolute Gasteiger partial charge is 0.163 e. The number of ketones is 1. The van der Waals surface area contributed by atoms with Crippen LogP contribution in [0.25, 0.3) is 11.1 Å². The number of likely N-dealkylation sites (N-methyl/N-ethyl adjacent to an activating group) is 1. The number of phenols is 1. The molecule has 0 spiro atoms. The molecule has 0 amide bonds. The number of aromatic hydroxyl groups is 1. The molecule has 0 bridgehead atoms. The molecular formula is C27H33NO3. The summed E-state index contributed by atoms with van der Waals surface area (Å²) in [4.78, 5) is 15.3. The number of phenolic OH excluding ortho intramolecular Hbond substituents is 1. The minimum absolute atomic E-state index is 0.00371. The van der Waals surface area contributed by atoms with E-state index < -0.39 is 0 Å². The SMILES string of the molecule is CCCCC12CCC(=O)C(c3ccc(OCCN(C)C)cc3)=C1c1ccc(O)cc1C2. The van der Waals surface area contributed by atoms with Gasteiger partial charge in [-0.2, -0.15) is 0 Å². The summed E-state index contributed by atoms with van der Waals surface area (Å²) in [5, 5.41) is 10.1. The molecule has 0 fully saturated rings. The largest absolute Gasteiger partial charge is 0.508 e. The van der Waals surface area contributed by atoms with Crippen molar-refractivity contribution in [1.29, 1.82) is 0 Å².